The second-order valence-corrected chi connectivity index (χ2v) is 7.86. The van der Waals surface area contributed by atoms with E-state index in [-0.39, 0.29) is 23.4 Å². The van der Waals surface area contributed by atoms with Crippen molar-refractivity contribution in [3.63, 3.8) is 0 Å². The van der Waals surface area contributed by atoms with Crippen molar-refractivity contribution >= 4 is 5.96 Å². The maximum Gasteiger partial charge on any atom is 0.194 e. The molecule has 3 fully saturated rings. The molecule has 2 unspecified atom stereocenters. The van der Waals surface area contributed by atoms with Crippen LogP contribution in [-0.2, 0) is 14.9 Å². The molecule has 2 atom stereocenters. The van der Waals surface area contributed by atoms with E-state index in [1.165, 1.54) is 5.56 Å². The largest absolute Gasteiger partial charge is 0.375 e. The molecule has 0 radical (unpaired) electrons. The molecule has 1 aromatic carbocycles. The van der Waals surface area contributed by atoms with Crippen LogP contribution in [0.4, 0.5) is 4.39 Å². The van der Waals surface area contributed by atoms with Gasteiger partial charge in [-0.2, -0.15) is 0 Å². The molecular formula is C21H30FN3O2. The Bertz CT molecular complexity index is 654. The van der Waals surface area contributed by atoms with Crippen LogP contribution in [0, 0.1) is 5.82 Å². The van der Waals surface area contributed by atoms with E-state index in [1.807, 2.05) is 12.1 Å². The van der Waals surface area contributed by atoms with Gasteiger partial charge in [-0.05, 0) is 50.3 Å². The van der Waals surface area contributed by atoms with Crippen molar-refractivity contribution in [3.8, 4) is 0 Å². The zero-order valence-electron chi connectivity index (χ0n) is 16.1. The Morgan fingerprint density at radius 1 is 1.22 bits per heavy atom. The molecule has 2 aliphatic heterocycles. The topological polar surface area (TPSA) is 46.1 Å². The number of rotatable bonds is 5. The summed E-state index contributed by atoms with van der Waals surface area (Å²) in [7, 11) is 0. The predicted molar refractivity (Wildman–Crippen MR) is 104 cm³/mol. The molecule has 27 heavy (non-hydrogen) atoms. The van der Waals surface area contributed by atoms with E-state index in [0.29, 0.717) is 6.61 Å². The number of halogens is 1. The molecule has 5 nitrogen and oxygen atoms in total. The number of benzene rings is 1. The van der Waals surface area contributed by atoms with Gasteiger partial charge in [-0.3, -0.25) is 4.99 Å². The van der Waals surface area contributed by atoms with Crippen LogP contribution in [0.25, 0.3) is 0 Å². The predicted octanol–water partition coefficient (Wildman–Crippen LogP) is 2.70. The van der Waals surface area contributed by atoms with Gasteiger partial charge in [0.1, 0.15) is 11.9 Å². The third-order valence-electron chi connectivity index (χ3n) is 5.95. The minimum Gasteiger partial charge on any atom is -0.375 e. The number of morpholine rings is 1. The van der Waals surface area contributed by atoms with Gasteiger partial charge in [-0.25, -0.2) is 4.39 Å². The maximum absolute atomic E-state index is 13.3. The van der Waals surface area contributed by atoms with Gasteiger partial charge in [-0.15, -0.1) is 0 Å². The molecule has 2 saturated heterocycles. The van der Waals surface area contributed by atoms with E-state index in [1.54, 1.807) is 12.1 Å². The highest BCUT2D eigenvalue weighted by atomic mass is 19.1. The highest BCUT2D eigenvalue weighted by Crippen LogP contribution is 2.48. The summed E-state index contributed by atoms with van der Waals surface area (Å²) in [5, 5.41) is 3.44. The van der Waals surface area contributed by atoms with Crippen molar-refractivity contribution < 1.29 is 13.9 Å². The molecule has 2 heterocycles. The van der Waals surface area contributed by atoms with E-state index < -0.39 is 0 Å². The van der Waals surface area contributed by atoms with Crippen LogP contribution < -0.4 is 5.32 Å². The van der Waals surface area contributed by atoms with Crippen LogP contribution in [-0.4, -0.2) is 62.5 Å². The van der Waals surface area contributed by atoms with Crippen LogP contribution in [0.15, 0.2) is 29.3 Å². The molecule has 148 valence electrons. The first-order valence-corrected chi connectivity index (χ1v) is 10.2. The SMILES string of the molecule is CCNC(=NCC1(c2ccc(F)cc2)CC1)N1CCOC(C2CCCO2)C1. The van der Waals surface area contributed by atoms with Crippen molar-refractivity contribution in [2.24, 2.45) is 4.99 Å². The lowest BCUT2D eigenvalue weighted by molar-refractivity contribution is -0.0817. The molecule has 1 aromatic rings. The summed E-state index contributed by atoms with van der Waals surface area (Å²) in [6, 6.07) is 6.93. The molecule has 4 rings (SSSR count). The van der Waals surface area contributed by atoms with Gasteiger partial charge in [0.15, 0.2) is 5.96 Å². The van der Waals surface area contributed by atoms with Crippen LogP contribution in [0.1, 0.15) is 38.2 Å². The average molecular weight is 375 g/mol. The Morgan fingerprint density at radius 3 is 2.67 bits per heavy atom. The van der Waals surface area contributed by atoms with Crippen LogP contribution in [0.2, 0.25) is 0 Å². The number of hydrogen-bond acceptors (Lipinski definition) is 3. The number of nitrogens with zero attached hydrogens (tertiary/aromatic N) is 2. The molecule has 6 heteroatoms. The van der Waals surface area contributed by atoms with E-state index in [0.717, 1.165) is 64.4 Å². The average Bonchev–Trinajstić information content (AvgIpc) is 3.28. The Morgan fingerprint density at radius 2 is 2.00 bits per heavy atom. The first kappa shape index (κ1) is 18.7. The minimum atomic E-state index is -0.181. The van der Waals surface area contributed by atoms with Gasteiger partial charge < -0.3 is 19.7 Å². The van der Waals surface area contributed by atoms with Crippen molar-refractivity contribution in [1.29, 1.82) is 0 Å². The van der Waals surface area contributed by atoms with Crippen molar-refractivity contribution in [1.82, 2.24) is 10.2 Å². The fraction of sp³-hybridized carbons (Fsp3) is 0.667. The summed E-state index contributed by atoms with van der Waals surface area (Å²) in [4.78, 5) is 7.28. The quantitative estimate of drug-likeness (QED) is 0.635. The molecule has 0 aromatic heterocycles. The van der Waals surface area contributed by atoms with Gasteiger partial charge in [0, 0.05) is 31.7 Å². The normalized spacial score (nSPS) is 27.6. The molecule has 0 amide bonds. The smallest absolute Gasteiger partial charge is 0.194 e. The van der Waals surface area contributed by atoms with Crippen LogP contribution in [0.3, 0.4) is 0 Å². The summed E-state index contributed by atoms with van der Waals surface area (Å²) in [6.45, 7) is 6.89. The molecule has 1 N–H and O–H groups in total. The summed E-state index contributed by atoms with van der Waals surface area (Å²) >= 11 is 0. The fourth-order valence-corrected chi connectivity index (χ4v) is 4.13. The Balaban J connectivity index is 1.44. The number of aliphatic imine (C=N–C) groups is 1. The van der Waals surface area contributed by atoms with E-state index in [4.69, 9.17) is 14.5 Å². The first-order valence-electron chi connectivity index (χ1n) is 10.2. The van der Waals surface area contributed by atoms with E-state index >= 15 is 0 Å². The van der Waals surface area contributed by atoms with Crippen molar-refractivity contribution in [2.45, 2.75) is 50.2 Å². The maximum atomic E-state index is 13.3. The Hall–Kier alpha value is -1.66. The van der Waals surface area contributed by atoms with E-state index in [9.17, 15) is 4.39 Å². The molecule has 1 saturated carbocycles. The van der Waals surface area contributed by atoms with Gasteiger partial charge in [0.2, 0.25) is 0 Å². The van der Waals surface area contributed by atoms with Crippen molar-refractivity contribution in [3.05, 3.63) is 35.6 Å². The fourth-order valence-electron chi connectivity index (χ4n) is 4.13. The van der Waals surface area contributed by atoms with Gasteiger partial charge in [-0.1, -0.05) is 12.1 Å². The number of nitrogens with one attached hydrogen (secondary N) is 1. The molecule has 1 aliphatic carbocycles. The minimum absolute atomic E-state index is 0.0780. The first-order chi connectivity index (χ1) is 13.2. The summed E-state index contributed by atoms with van der Waals surface area (Å²) in [6.07, 6.45) is 4.77. The lowest BCUT2D eigenvalue weighted by atomic mass is 9.96. The van der Waals surface area contributed by atoms with Crippen molar-refractivity contribution in [2.75, 3.05) is 39.4 Å². The molecular weight excluding hydrogens is 345 g/mol. The zero-order valence-corrected chi connectivity index (χ0v) is 16.1. The molecule has 0 spiro atoms. The second kappa shape index (κ2) is 8.15. The Kier molecular flexibility index (Phi) is 5.64. The van der Waals surface area contributed by atoms with Crippen LogP contribution in [0.5, 0.6) is 0 Å². The van der Waals surface area contributed by atoms with Crippen LogP contribution >= 0.6 is 0 Å². The number of ether oxygens (including phenoxy) is 2. The second-order valence-electron chi connectivity index (χ2n) is 7.86. The molecule has 0 bridgehead atoms. The zero-order chi connectivity index (χ0) is 18.7. The van der Waals surface area contributed by atoms with Gasteiger partial charge in [0.05, 0.1) is 19.3 Å². The highest BCUT2D eigenvalue weighted by Gasteiger charge is 2.44. The third kappa shape index (κ3) is 4.27. The monoisotopic (exact) mass is 375 g/mol. The highest BCUT2D eigenvalue weighted by molar-refractivity contribution is 5.80. The number of guanidine groups is 1. The summed E-state index contributed by atoms with van der Waals surface area (Å²) in [5.74, 6) is 0.775. The number of hydrogen-bond donors (Lipinski definition) is 1. The Labute approximate surface area is 160 Å². The summed E-state index contributed by atoms with van der Waals surface area (Å²) in [5.41, 5.74) is 1.27. The lowest BCUT2D eigenvalue weighted by Crippen LogP contribution is -2.53. The van der Waals surface area contributed by atoms with Gasteiger partial charge >= 0.3 is 0 Å². The molecule has 3 aliphatic rings. The lowest BCUT2D eigenvalue weighted by Gasteiger charge is -2.37. The summed E-state index contributed by atoms with van der Waals surface area (Å²) < 4.78 is 25.1. The third-order valence-corrected chi connectivity index (χ3v) is 5.95. The standard InChI is InChI=1S/C21H30FN3O2/c1-2-23-20(25-11-13-27-19(14-25)18-4-3-12-26-18)24-15-21(9-10-21)16-5-7-17(22)8-6-16/h5-8,18-19H,2-4,9-15H2,1H3,(H,23,24). The van der Waals surface area contributed by atoms with E-state index in [2.05, 4.69) is 17.1 Å². The van der Waals surface area contributed by atoms with Gasteiger partial charge in [0.25, 0.3) is 0 Å².